The molecule has 1 fully saturated rings. The molecule has 0 aliphatic heterocycles. The van der Waals surface area contributed by atoms with Gasteiger partial charge in [0.2, 0.25) is 0 Å². The van der Waals surface area contributed by atoms with Gasteiger partial charge in [0.1, 0.15) is 23.5 Å². The Morgan fingerprint density at radius 2 is 1.81 bits per heavy atom. The molecule has 4 heteroatoms. The zero-order chi connectivity index (χ0) is 11.9. The number of benzene rings is 1. The first kappa shape index (κ1) is 11.3. The Morgan fingerprint density at radius 1 is 1.25 bits per heavy atom. The highest BCUT2D eigenvalue weighted by Gasteiger charge is 2.49. The van der Waals surface area contributed by atoms with E-state index >= 15 is 0 Å². The van der Waals surface area contributed by atoms with Crippen LogP contribution < -0.4 is 4.74 Å². The SMILES string of the molecule is CC1(C)C(O)CC1Oc1cc(F)cc(F)c1. The molecule has 1 aliphatic rings. The molecule has 1 aliphatic carbocycles. The first-order valence-electron chi connectivity index (χ1n) is 5.20. The predicted octanol–water partition coefficient (Wildman–Crippen LogP) is 2.50. The minimum atomic E-state index is -0.660. The smallest absolute Gasteiger partial charge is 0.129 e. The van der Waals surface area contributed by atoms with Crippen LogP contribution in [0.3, 0.4) is 0 Å². The third kappa shape index (κ3) is 1.89. The highest BCUT2D eigenvalue weighted by molar-refractivity contribution is 5.25. The fourth-order valence-corrected chi connectivity index (χ4v) is 1.83. The van der Waals surface area contributed by atoms with E-state index in [9.17, 15) is 13.9 Å². The minimum absolute atomic E-state index is 0.169. The van der Waals surface area contributed by atoms with Gasteiger partial charge in [0.05, 0.1) is 6.10 Å². The largest absolute Gasteiger partial charge is 0.489 e. The molecule has 1 N–H and O–H groups in total. The third-order valence-corrected chi connectivity index (χ3v) is 3.24. The number of rotatable bonds is 2. The Morgan fingerprint density at radius 3 is 2.25 bits per heavy atom. The standard InChI is InChI=1S/C12H14F2O2/c1-12(2)10(15)6-11(12)16-9-4-7(13)3-8(14)5-9/h3-5,10-11,15H,6H2,1-2H3. The quantitative estimate of drug-likeness (QED) is 0.842. The van der Waals surface area contributed by atoms with Crippen molar-refractivity contribution < 1.29 is 18.6 Å². The van der Waals surface area contributed by atoms with Gasteiger partial charge in [-0.2, -0.15) is 0 Å². The molecule has 0 radical (unpaired) electrons. The Bertz CT molecular complexity index is 384. The van der Waals surface area contributed by atoms with Gasteiger partial charge in [-0.15, -0.1) is 0 Å². The Kier molecular flexibility index (Phi) is 2.62. The summed E-state index contributed by atoms with van der Waals surface area (Å²) in [6, 6.07) is 3.08. The van der Waals surface area contributed by atoms with Crippen LogP contribution in [-0.2, 0) is 0 Å². The fraction of sp³-hybridized carbons (Fsp3) is 0.500. The van der Waals surface area contributed by atoms with Gasteiger partial charge in [-0.25, -0.2) is 8.78 Å². The van der Waals surface area contributed by atoms with Crippen molar-refractivity contribution in [3.63, 3.8) is 0 Å². The van der Waals surface area contributed by atoms with E-state index in [1.807, 2.05) is 13.8 Å². The maximum Gasteiger partial charge on any atom is 0.129 e. The lowest BCUT2D eigenvalue weighted by molar-refractivity contribution is -0.134. The first-order valence-corrected chi connectivity index (χ1v) is 5.20. The number of aliphatic hydroxyl groups excluding tert-OH is 1. The van der Waals surface area contributed by atoms with Gasteiger partial charge < -0.3 is 9.84 Å². The second-order valence-corrected chi connectivity index (χ2v) is 4.78. The van der Waals surface area contributed by atoms with Crippen molar-refractivity contribution in [2.24, 2.45) is 5.41 Å². The summed E-state index contributed by atoms with van der Waals surface area (Å²) in [5, 5.41) is 9.51. The van der Waals surface area contributed by atoms with Crippen molar-refractivity contribution in [3.8, 4) is 5.75 Å². The number of hydrogen-bond donors (Lipinski definition) is 1. The van der Waals surface area contributed by atoms with E-state index in [1.165, 1.54) is 0 Å². The molecule has 0 heterocycles. The summed E-state index contributed by atoms with van der Waals surface area (Å²) < 4.78 is 31.3. The van der Waals surface area contributed by atoms with E-state index in [1.54, 1.807) is 0 Å². The first-order chi connectivity index (χ1) is 7.39. The van der Waals surface area contributed by atoms with Gasteiger partial charge in [0.25, 0.3) is 0 Å². The topological polar surface area (TPSA) is 29.5 Å². The van der Waals surface area contributed by atoms with Crippen molar-refractivity contribution in [1.82, 2.24) is 0 Å². The summed E-state index contributed by atoms with van der Waals surface area (Å²) >= 11 is 0. The molecule has 0 spiro atoms. The summed E-state index contributed by atoms with van der Waals surface area (Å²) in [5.74, 6) is -1.15. The van der Waals surface area contributed by atoms with Crippen molar-refractivity contribution in [1.29, 1.82) is 0 Å². The molecular formula is C12H14F2O2. The van der Waals surface area contributed by atoms with Crippen LogP contribution in [0.2, 0.25) is 0 Å². The Balaban J connectivity index is 2.11. The van der Waals surface area contributed by atoms with E-state index in [2.05, 4.69) is 0 Å². The number of hydrogen-bond acceptors (Lipinski definition) is 2. The highest BCUT2D eigenvalue weighted by Crippen LogP contribution is 2.42. The van der Waals surface area contributed by atoms with E-state index in [0.717, 1.165) is 18.2 Å². The molecular weight excluding hydrogens is 214 g/mol. The molecule has 1 aromatic rings. The summed E-state index contributed by atoms with van der Waals surface area (Å²) in [5.41, 5.74) is -0.372. The average molecular weight is 228 g/mol. The van der Waals surface area contributed by atoms with E-state index in [0.29, 0.717) is 6.42 Å². The molecule has 0 saturated heterocycles. The van der Waals surface area contributed by atoms with Crippen LogP contribution in [0, 0.1) is 17.0 Å². The molecule has 2 unspecified atom stereocenters. The molecule has 88 valence electrons. The van der Waals surface area contributed by atoms with Crippen LogP contribution in [0.15, 0.2) is 18.2 Å². The van der Waals surface area contributed by atoms with Crippen LogP contribution in [0.1, 0.15) is 20.3 Å². The lowest BCUT2D eigenvalue weighted by Gasteiger charge is -2.48. The van der Waals surface area contributed by atoms with Crippen LogP contribution in [0.4, 0.5) is 8.78 Å². The normalized spacial score (nSPS) is 27.3. The molecule has 1 saturated carbocycles. The lowest BCUT2D eigenvalue weighted by Crippen LogP contribution is -2.56. The highest BCUT2D eigenvalue weighted by atomic mass is 19.1. The van der Waals surface area contributed by atoms with E-state index in [4.69, 9.17) is 4.74 Å². The van der Waals surface area contributed by atoms with Crippen LogP contribution >= 0.6 is 0 Å². The molecule has 16 heavy (non-hydrogen) atoms. The van der Waals surface area contributed by atoms with Gasteiger partial charge in [-0.3, -0.25) is 0 Å². The van der Waals surface area contributed by atoms with Gasteiger partial charge >= 0.3 is 0 Å². The molecule has 2 nitrogen and oxygen atoms in total. The number of halogens is 2. The third-order valence-electron chi connectivity index (χ3n) is 3.24. The summed E-state index contributed by atoms with van der Waals surface area (Å²) in [4.78, 5) is 0. The van der Waals surface area contributed by atoms with Gasteiger partial charge in [-0.1, -0.05) is 13.8 Å². The number of ether oxygens (including phenoxy) is 1. The minimum Gasteiger partial charge on any atom is -0.489 e. The van der Waals surface area contributed by atoms with Crippen LogP contribution in [-0.4, -0.2) is 17.3 Å². The fourth-order valence-electron chi connectivity index (χ4n) is 1.83. The maximum absolute atomic E-state index is 12.9. The second kappa shape index (κ2) is 3.70. The summed E-state index contributed by atoms with van der Waals surface area (Å²) in [7, 11) is 0. The average Bonchev–Trinajstić information content (AvgIpc) is 2.15. The van der Waals surface area contributed by atoms with Crippen molar-refractivity contribution in [2.75, 3.05) is 0 Å². The zero-order valence-electron chi connectivity index (χ0n) is 9.21. The van der Waals surface area contributed by atoms with Crippen molar-refractivity contribution >= 4 is 0 Å². The molecule has 0 amide bonds. The van der Waals surface area contributed by atoms with Crippen molar-refractivity contribution in [2.45, 2.75) is 32.5 Å². The van der Waals surface area contributed by atoms with Crippen LogP contribution in [0.5, 0.6) is 5.75 Å². The molecule has 1 aromatic carbocycles. The molecule has 2 rings (SSSR count). The number of aliphatic hydroxyl groups is 1. The van der Waals surface area contributed by atoms with Crippen molar-refractivity contribution in [3.05, 3.63) is 29.8 Å². The summed E-state index contributed by atoms with van der Waals surface area (Å²) in [6.45, 7) is 3.73. The van der Waals surface area contributed by atoms with Crippen LogP contribution in [0.25, 0.3) is 0 Å². The van der Waals surface area contributed by atoms with Gasteiger partial charge in [-0.05, 0) is 0 Å². The van der Waals surface area contributed by atoms with Gasteiger partial charge in [0, 0.05) is 30.0 Å². The molecule has 0 bridgehead atoms. The van der Waals surface area contributed by atoms with E-state index in [-0.39, 0.29) is 17.3 Å². The summed E-state index contributed by atoms with van der Waals surface area (Å²) in [6.07, 6.45) is -0.134. The zero-order valence-corrected chi connectivity index (χ0v) is 9.21. The monoisotopic (exact) mass is 228 g/mol. The predicted molar refractivity (Wildman–Crippen MR) is 55.2 cm³/mol. The Hall–Kier alpha value is -1.16. The molecule has 0 aromatic heterocycles. The van der Waals surface area contributed by atoms with E-state index < -0.39 is 17.7 Å². The maximum atomic E-state index is 12.9. The lowest BCUT2D eigenvalue weighted by atomic mass is 9.66. The second-order valence-electron chi connectivity index (χ2n) is 4.78. The van der Waals surface area contributed by atoms with Gasteiger partial charge in [0.15, 0.2) is 0 Å². The molecule has 2 atom stereocenters. The Labute approximate surface area is 92.9 Å².